The van der Waals surface area contributed by atoms with Crippen LogP contribution in [0.4, 0.5) is 11.5 Å². The fraction of sp³-hybridized carbons (Fsp3) is 0.0833. The standard InChI is InChI=1S/C12H11BrN4O/c1-7-4-8(2-3-15-7)12(18)17-11-10(13)5-9(14)6-16-11/h2-6H,14H2,1H3,(H,16,17,18). The third-order valence-corrected chi connectivity index (χ3v) is 2.86. The van der Waals surface area contributed by atoms with Crippen molar-refractivity contribution in [3.05, 3.63) is 46.3 Å². The summed E-state index contributed by atoms with van der Waals surface area (Å²) in [6.45, 7) is 1.83. The first-order valence-corrected chi connectivity index (χ1v) is 6.00. The van der Waals surface area contributed by atoms with Gasteiger partial charge in [-0.15, -0.1) is 0 Å². The fourth-order valence-electron chi connectivity index (χ4n) is 1.41. The smallest absolute Gasteiger partial charge is 0.256 e. The number of carbonyl (C=O) groups excluding carboxylic acids is 1. The van der Waals surface area contributed by atoms with Gasteiger partial charge in [0.15, 0.2) is 0 Å². The molecule has 3 N–H and O–H groups in total. The van der Waals surface area contributed by atoms with E-state index in [4.69, 9.17) is 5.73 Å². The molecule has 0 unspecified atom stereocenters. The van der Waals surface area contributed by atoms with Crippen LogP contribution < -0.4 is 11.1 Å². The van der Waals surface area contributed by atoms with E-state index in [-0.39, 0.29) is 5.91 Å². The summed E-state index contributed by atoms with van der Waals surface area (Å²) < 4.78 is 0.640. The molecule has 0 saturated carbocycles. The van der Waals surface area contributed by atoms with Gasteiger partial charge in [-0.1, -0.05) is 0 Å². The topological polar surface area (TPSA) is 80.9 Å². The zero-order chi connectivity index (χ0) is 13.1. The average Bonchev–Trinajstić information content (AvgIpc) is 2.32. The Hall–Kier alpha value is -1.95. The number of nitrogens with two attached hydrogens (primary N) is 1. The van der Waals surface area contributed by atoms with Gasteiger partial charge in [0.1, 0.15) is 5.82 Å². The van der Waals surface area contributed by atoms with E-state index in [9.17, 15) is 4.79 Å². The van der Waals surface area contributed by atoms with Crippen LogP contribution in [0.2, 0.25) is 0 Å². The highest BCUT2D eigenvalue weighted by Gasteiger charge is 2.09. The van der Waals surface area contributed by atoms with Gasteiger partial charge >= 0.3 is 0 Å². The Kier molecular flexibility index (Phi) is 3.57. The predicted octanol–water partition coefficient (Wildman–Crippen LogP) is 2.38. The number of aryl methyl sites for hydroxylation is 1. The van der Waals surface area contributed by atoms with Crippen LogP contribution in [0, 0.1) is 6.92 Å². The number of nitrogen functional groups attached to an aromatic ring is 1. The molecule has 0 radical (unpaired) electrons. The van der Waals surface area contributed by atoms with Crippen molar-refractivity contribution in [3.8, 4) is 0 Å². The van der Waals surface area contributed by atoms with Crippen molar-refractivity contribution in [3.63, 3.8) is 0 Å². The Bertz CT molecular complexity index is 600. The van der Waals surface area contributed by atoms with Crippen LogP contribution in [0.5, 0.6) is 0 Å². The molecule has 2 rings (SSSR count). The molecule has 0 bridgehead atoms. The first-order chi connectivity index (χ1) is 8.56. The summed E-state index contributed by atoms with van der Waals surface area (Å²) in [5.41, 5.74) is 7.42. The van der Waals surface area contributed by atoms with E-state index < -0.39 is 0 Å². The molecule has 6 heteroatoms. The molecule has 0 atom stereocenters. The number of carbonyl (C=O) groups is 1. The zero-order valence-corrected chi connectivity index (χ0v) is 11.2. The van der Waals surface area contributed by atoms with E-state index in [2.05, 4.69) is 31.2 Å². The Balaban J connectivity index is 2.21. The summed E-state index contributed by atoms with van der Waals surface area (Å²) in [6.07, 6.45) is 3.08. The average molecular weight is 307 g/mol. The summed E-state index contributed by atoms with van der Waals surface area (Å²) >= 11 is 3.29. The van der Waals surface area contributed by atoms with Crippen LogP contribution in [0.25, 0.3) is 0 Å². The molecule has 0 spiro atoms. The van der Waals surface area contributed by atoms with Gasteiger partial charge in [-0.2, -0.15) is 0 Å². The summed E-state index contributed by atoms with van der Waals surface area (Å²) in [5, 5.41) is 2.70. The molecule has 0 aromatic carbocycles. The second kappa shape index (κ2) is 5.14. The normalized spacial score (nSPS) is 10.1. The first kappa shape index (κ1) is 12.5. The summed E-state index contributed by atoms with van der Waals surface area (Å²) in [4.78, 5) is 20.1. The SMILES string of the molecule is Cc1cc(C(=O)Nc2ncc(N)cc2Br)ccn1. The monoisotopic (exact) mass is 306 g/mol. The highest BCUT2D eigenvalue weighted by molar-refractivity contribution is 9.10. The number of nitrogens with zero attached hydrogens (tertiary/aromatic N) is 2. The highest BCUT2D eigenvalue weighted by Crippen LogP contribution is 2.22. The minimum absolute atomic E-state index is 0.238. The van der Waals surface area contributed by atoms with Crippen molar-refractivity contribution in [2.45, 2.75) is 6.92 Å². The van der Waals surface area contributed by atoms with E-state index >= 15 is 0 Å². The lowest BCUT2D eigenvalue weighted by Crippen LogP contribution is -2.13. The molecule has 0 saturated heterocycles. The number of anilines is 2. The van der Waals surface area contributed by atoms with Crippen LogP contribution in [0.15, 0.2) is 35.1 Å². The maximum Gasteiger partial charge on any atom is 0.256 e. The molecule has 0 aliphatic rings. The van der Waals surface area contributed by atoms with Gasteiger partial charge in [-0.25, -0.2) is 4.98 Å². The highest BCUT2D eigenvalue weighted by atomic mass is 79.9. The predicted molar refractivity (Wildman–Crippen MR) is 73.3 cm³/mol. The van der Waals surface area contributed by atoms with Crippen molar-refractivity contribution >= 4 is 33.3 Å². The van der Waals surface area contributed by atoms with Gasteiger partial charge in [0.25, 0.3) is 5.91 Å². The number of rotatable bonds is 2. The molecule has 0 fully saturated rings. The Labute approximate surface area is 113 Å². The Morgan fingerprint density at radius 3 is 2.83 bits per heavy atom. The van der Waals surface area contributed by atoms with Crippen molar-refractivity contribution in [1.82, 2.24) is 9.97 Å². The first-order valence-electron chi connectivity index (χ1n) is 5.21. The number of nitrogens with one attached hydrogen (secondary N) is 1. The molecule has 92 valence electrons. The maximum absolute atomic E-state index is 12.0. The van der Waals surface area contributed by atoms with Crippen molar-refractivity contribution in [2.24, 2.45) is 0 Å². The molecule has 18 heavy (non-hydrogen) atoms. The van der Waals surface area contributed by atoms with Gasteiger partial charge < -0.3 is 11.1 Å². The van der Waals surface area contributed by atoms with Gasteiger partial charge in [-0.3, -0.25) is 9.78 Å². The fourth-order valence-corrected chi connectivity index (χ4v) is 1.88. The number of hydrogen-bond donors (Lipinski definition) is 2. The second-order valence-electron chi connectivity index (χ2n) is 3.74. The van der Waals surface area contributed by atoms with Crippen LogP contribution >= 0.6 is 15.9 Å². The van der Waals surface area contributed by atoms with Crippen LogP contribution in [0.3, 0.4) is 0 Å². The van der Waals surface area contributed by atoms with Gasteiger partial charge in [-0.05, 0) is 41.1 Å². The van der Waals surface area contributed by atoms with Crippen LogP contribution in [-0.2, 0) is 0 Å². The minimum atomic E-state index is -0.238. The summed E-state index contributed by atoms with van der Waals surface area (Å²) in [5.74, 6) is 0.196. The molecule has 0 aliphatic heterocycles. The van der Waals surface area contributed by atoms with Crippen molar-refractivity contribution in [1.29, 1.82) is 0 Å². The van der Waals surface area contributed by atoms with Gasteiger partial charge in [0, 0.05) is 17.5 Å². The molecule has 0 aliphatic carbocycles. The van der Waals surface area contributed by atoms with E-state index in [1.165, 1.54) is 6.20 Å². The molecule has 2 aromatic heterocycles. The maximum atomic E-state index is 12.0. The largest absolute Gasteiger partial charge is 0.397 e. The van der Waals surface area contributed by atoms with E-state index in [0.717, 1.165) is 5.69 Å². The molecule has 2 heterocycles. The summed E-state index contributed by atoms with van der Waals surface area (Å²) in [7, 11) is 0. The Morgan fingerprint density at radius 2 is 2.17 bits per heavy atom. The molecule has 5 nitrogen and oxygen atoms in total. The van der Waals surface area contributed by atoms with E-state index in [1.807, 2.05) is 6.92 Å². The van der Waals surface area contributed by atoms with Gasteiger partial charge in [0.05, 0.1) is 16.4 Å². The zero-order valence-electron chi connectivity index (χ0n) is 9.64. The lowest BCUT2D eigenvalue weighted by atomic mass is 10.2. The number of hydrogen-bond acceptors (Lipinski definition) is 4. The molecular formula is C12H11BrN4O. The van der Waals surface area contributed by atoms with Crippen molar-refractivity contribution in [2.75, 3.05) is 11.1 Å². The lowest BCUT2D eigenvalue weighted by Gasteiger charge is -2.07. The molecular weight excluding hydrogens is 296 g/mol. The van der Waals surface area contributed by atoms with Crippen LogP contribution in [-0.4, -0.2) is 15.9 Å². The molecule has 1 amide bonds. The third-order valence-electron chi connectivity index (χ3n) is 2.25. The number of amides is 1. The van der Waals surface area contributed by atoms with E-state index in [0.29, 0.717) is 21.5 Å². The number of halogens is 1. The Morgan fingerprint density at radius 1 is 1.39 bits per heavy atom. The second-order valence-corrected chi connectivity index (χ2v) is 4.59. The van der Waals surface area contributed by atoms with Gasteiger partial charge in [0.2, 0.25) is 0 Å². The lowest BCUT2D eigenvalue weighted by molar-refractivity contribution is 0.102. The number of pyridine rings is 2. The van der Waals surface area contributed by atoms with Crippen molar-refractivity contribution < 1.29 is 4.79 Å². The minimum Gasteiger partial charge on any atom is -0.397 e. The number of aromatic nitrogens is 2. The third kappa shape index (κ3) is 2.84. The van der Waals surface area contributed by atoms with E-state index in [1.54, 1.807) is 24.4 Å². The summed E-state index contributed by atoms with van der Waals surface area (Å²) in [6, 6.07) is 5.04. The molecule has 2 aromatic rings. The van der Waals surface area contributed by atoms with Crippen LogP contribution in [0.1, 0.15) is 16.1 Å². The quantitative estimate of drug-likeness (QED) is 0.892.